The predicted molar refractivity (Wildman–Crippen MR) is 96.9 cm³/mol. The Morgan fingerprint density at radius 1 is 1.21 bits per heavy atom. The molecule has 0 spiro atoms. The topological polar surface area (TPSA) is 70.7 Å². The molecule has 1 aromatic rings. The second-order valence-electron chi connectivity index (χ2n) is 7.48. The summed E-state index contributed by atoms with van der Waals surface area (Å²) in [5.41, 5.74) is 0. The van der Waals surface area contributed by atoms with Crippen molar-refractivity contribution in [2.24, 2.45) is 11.8 Å². The van der Waals surface area contributed by atoms with Crippen LogP contribution in [0, 0.1) is 11.8 Å². The number of amides is 1. The average molecular weight is 351 g/mol. The maximum absolute atomic E-state index is 12.1. The average Bonchev–Trinajstić information content (AvgIpc) is 3.25. The van der Waals surface area contributed by atoms with Gasteiger partial charge in [-0.2, -0.15) is 0 Å². The molecule has 0 bridgehead atoms. The molecule has 2 N–H and O–H groups in total. The molecule has 2 aliphatic rings. The molecule has 3 rings (SSSR count). The molecule has 6 heteroatoms. The zero-order chi connectivity index (χ0) is 16.8. The Bertz CT molecular complexity index is 527. The van der Waals surface area contributed by atoms with Gasteiger partial charge in [0.05, 0.1) is 5.75 Å². The van der Waals surface area contributed by atoms with Crippen LogP contribution in [0.5, 0.6) is 0 Å². The van der Waals surface area contributed by atoms with Crippen molar-refractivity contribution < 1.29 is 4.79 Å². The van der Waals surface area contributed by atoms with Crippen LogP contribution in [0.15, 0.2) is 5.16 Å². The van der Waals surface area contributed by atoms with Crippen molar-refractivity contribution in [1.82, 2.24) is 20.5 Å². The van der Waals surface area contributed by atoms with Crippen LogP contribution in [0.25, 0.3) is 0 Å². The first-order valence-corrected chi connectivity index (χ1v) is 10.5. The maximum atomic E-state index is 12.1. The summed E-state index contributed by atoms with van der Waals surface area (Å²) < 4.78 is 0. The van der Waals surface area contributed by atoms with Gasteiger partial charge in [-0.1, -0.05) is 57.2 Å². The number of hydrogen-bond donors (Lipinski definition) is 2. The number of carbonyl (C=O) groups excluding carboxylic acids is 1. The summed E-state index contributed by atoms with van der Waals surface area (Å²) in [6.07, 6.45) is 12.6. The van der Waals surface area contributed by atoms with Crippen LogP contribution in [-0.2, 0) is 11.2 Å². The zero-order valence-corrected chi connectivity index (χ0v) is 15.5. The van der Waals surface area contributed by atoms with Crippen LogP contribution < -0.4 is 5.32 Å². The van der Waals surface area contributed by atoms with Gasteiger partial charge in [-0.05, 0) is 31.1 Å². The van der Waals surface area contributed by atoms with Crippen molar-refractivity contribution in [3.8, 4) is 0 Å². The third-order valence-corrected chi connectivity index (χ3v) is 6.41. The number of aromatic nitrogens is 3. The van der Waals surface area contributed by atoms with E-state index in [1.807, 2.05) is 0 Å². The van der Waals surface area contributed by atoms with Crippen molar-refractivity contribution in [1.29, 1.82) is 0 Å². The molecule has 0 saturated heterocycles. The van der Waals surface area contributed by atoms with Crippen molar-refractivity contribution in [3.05, 3.63) is 5.82 Å². The number of H-pyrrole nitrogens is 1. The van der Waals surface area contributed by atoms with E-state index in [2.05, 4.69) is 27.4 Å². The lowest BCUT2D eigenvalue weighted by atomic mass is 9.86. The summed E-state index contributed by atoms with van der Waals surface area (Å²) in [4.78, 5) is 16.7. The molecule has 2 unspecified atom stereocenters. The van der Waals surface area contributed by atoms with Gasteiger partial charge in [0, 0.05) is 12.5 Å². The largest absolute Gasteiger partial charge is 0.352 e. The smallest absolute Gasteiger partial charge is 0.230 e. The van der Waals surface area contributed by atoms with E-state index in [9.17, 15) is 4.79 Å². The maximum Gasteiger partial charge on any atom is 0.230 e. The Hall–Kier alpha value is -1.04. The van der Waals surface area contributed by atoms with Crippen molar-refractivity contribution in [3.63, 3.8) is 0 Å². The van der Waals surface area contributed by atoms with Gasteiger partial charge in [-0.15, -0.1) is 5.10 Å². The van der Waals surface area contributed by atoms with Gasteiger partial charge in [0.25, 0.3) is 0 Å². The van der Waals surface area contributed by atoms with Gasteiger partial charge in [-0.25, -0.2) is 4.98 Å². The number of aromatic amines is 1. The molecular formula is C18H30N4OS. The summed E-state index contributed by atoms with van der Waals surface area (Å²) in [7, 11) is 0. The minimum atomic E-state index is 0.107. The van der Waals surface area contributed by atoms with E-state index in [-0.39, 0.29) is 5.91 Å². The molecule has 2 atom stereocenters. The van der Waals surface area contributed by atoms with Crippen LogP contribution in [0.2, 0.25) is 0 Å². The van der Waals surface area contributed by atoms with Gasteiger partial charge in [0.2, 0.25) is 11.1 Å². The number of carbonyl (C=O) groups is 1. The number of thioether (sulfide) groups is 1. The molecule has 2 fully saturated rings. The SMILES string of the molecule is CC1CCCCC1NC(=O)CSc1n[nH]c(CCC2CCCC2)n1. The molecule has 0 aliphatic heterocycles. The molecule has 24 heavy (non-hydrogen) atoms. The van der Waals surface area contributed by atoms with Crippen LogP contribution in [0.1, 0.15) is 70.5 Å². The van der Waals surface area contributed by atoms with E-state index in [1.54, 1.807) is 0 Å². The highest BCUT2D eigenvalue weighted by atomic mass is 32.2. The Morgan fingerprint density at radius 2 is 1.96 bits per heavy atom. The summed E-state index contributed by atoms with van der Waals surface area (Å²) in [6.45, 7) is 2.24. The van der Waals surface area contributed by atoms with Crippen LogP contribution in [0.4, 0.5) is 0 Å². The second-order valence-corrected chi connectivity index (χ2v) is 8.42. The lowest BCUT2D eigenvalue weighted by Gasteiger charge is -2.29. The van der Waals surface area contributed by atoms with E-state index in [1.165, 1.54) is 63.1 Å². The van der Waals surface area contributed by atoms with Gasteiger partial charge >= 0.3 is 0 Å². The summed E-state index contributed by atoms with van der Waals surface area (Å²) in [5, 5.41) is 11.2. The molecule has 0 aromatic carbocycles. The monoisotopic (exact) mass is 350 g/mol. The molecule has 2 aliphatic carbocycles. The van der Waals surface area contributed by atoms with Gasteiger partial charge in [0.15, 0.2) is 0 Å². The van der Waals surface area contributed by atoms with Crippen molar-refractivity contribution in [2.75, 3.05) is 5.75 Å². The summed E-state index contributed by atoms with van der Waals surface area (Å²) in [5.74, 6) is 2.94. The minimum absolute atomic E-state index is 0.107. The highest BCUT2D eigenvalue weighted by Gasteiger charge is 2.23. The lowest BCUT2D eigenvalue weighted by Crippen LogP contribution is -2.41. The Morgan fingerprint density at radius 3 is 2.75 bits per heavy atom. The van der Waals surface area contributed by atoms with E-state index in [0.29, 0.717) is 22.9 Å². The number of nitrogens with one attached hydrogen (secondary N) is 2. The Kier molecular flexibility index (Phi) is 6.58. The molecule has 0 radical (unpaired) electrons. The van der Waals surface area contributed by atoms with E-state index in [4.69, 9.17) is 0 Å². The van der Waals surface area contributed by atoms with Crippen LogP contribution in [0.3, 0.4) is 0 Å². The van der Waals surface area contributed by atoms with Crippen LogP contribution >= 0.6 is 11.8 Å². The molecule has 2 saturated carbocycles. The van der Waals surface area contributed by atoms with Gasteiger partial charge < -0.3 is 5.32 Å². The number of aryl methyl sites for hydroxylation is 1. The molecule has 1 aromatic heterocycles. The normalized spacial score (nSPS) is 25.0. The van der Waals surface area contributed by atoms with Gasteiger partial charge in [-0.3, -0.25) is 9.89 Å². The fraction of sp³-hybridized carbons (Fsp3) is 0.833. The minimum Gasteiger partial charge on any atom is -0.352 e. The quantitative estimate of drug-likeness (QED) is 0.735. The lowest BCUT2D eigenvalue weighted by molar-refractivity contribution is -0.119. The zero-order valence-electron chi connectivity index (χ0n) is 14.7. The number of nitrogens with zero attached hydrogens (tertiary/aromatic N) is 2. The molecule has 1 amide bonds. The first-order valence-electron chi connectivity index (χ1n) is 9.54. The number of rotatable bonds is 7. The molecule has 134 valence electrons. The third-order valence-electron chi connectivity index (χ3n) is 5.57. The van der Waals surface area contributed by atoms with Gasteiger partial charge in [0.1, 0.15) is 5.82 Å². The highest BCUT2D eigenvalue weighted by molar-refractivity contribution is 7.99. The Balaban J connectivity index is 1.37. The van der Waals surface area contributed by atoms with Crippen molar-refractivity contribution in [2.45, 2.75) is 82.3 Å². The van der Waals surface area contributed by atoms with Crippen LogP contribution in [-0.4, -0.2) is 32.9 Å². The first-order chi connectivity index (χ1) is 11.7. The predicted octanol–water partition coefficient (Wildman–Crippen LogP) is 3.71. The standard InChI is InChI=1S/C18H30N4OS/c1-13-6-2-5-9-15(13)19-17(23)12-24-18-20-16(21-22-18)11-10-14-7-3-4-8-14/h13-15H,2-12H2,1H3,(H,19,23)(H,20,21,22). The first kappa shape index (κ1) is 17.8. The number of hydrogen-bond acceptors (Lipinski definition) is 4. The summed E-state index contributed by atoms with van der Waals surface area (Å²) >= 11 is 1.43. The van der Waals surface area contributed by atoms with E-state index >= 15 is 0 Å². The van der Waals surface area contributed by atoms with E-state index < -0.39 is 0 Å². The fourth-order valence-electron chi connectivity index (χ4n) is 4.00. The highest BCUT2D eigenvalue weighted by Crippen LogP contribution is 2.28. The second kappa shape index (κ2) is 8.88. The Labute approximate surface area is 149 Å². The summed E-state index contributed by atoms with van der Waals surface area (Å²) in [6, 6.07) is 0.348. The van der Waals surface area contributed by atoms with E-state index in [0.717, 1.165) is 24.6 Å². The van der Waals surface area contributed by atoms with Crippen molar-refractivity contribution >= 4 is 17.7 Å². The fourth-order valence-corrected chi connectivity index (χ4v) is 4.63. The molecule has 1 heterocycles. The third kappa shape index (κ3) is 5.23. The molecular weight excluding hydrogens is 320 g/mol. The molecule has 5 nitrogen and oxygen atoms in total.